The van der Waals surface area contributed by atoms with Crippen molar-refractivity contribution in [2.24, 2.45) is 0 Å². The van der Waals surface area contributed by atoms with E-state index >= 15 is 0 Å². The van der Waals surface area contributed by atoms with Gasteiger partial charge in [0.05, 0.1) is 7.11 Å². The monoisotopic (exact) mass is 455 g/mol. The zero-order valence-electron chi connectivity index (χ0n) is 17.9. The van der Waals surface area contributed by atoms with Gasteiger partial charge in [0.15, 0.2) is 11.6 Å². The Morgan fingerprint density at radius 1 is 1.18 bits per heavy atom. The molecule has 10 heteroatoms. The number of carbonyl (C=O) groups is 4. The highest BCUT2D eigenvalue weighted by Gasteiger charge is 2.39. The first-order valence-corrected chi connectivity index (χ1v) is 10.3. The molecule has 2 N–H and O–H groups in total. The summed E-state index contributed by atoms with van der Waals surface area (Å²) in [5.74, 6) is -1.53. The molecule has 0 bridgehead atoms. The van der Waals surface area contributed by atoms with E-state index < -0.39 is 23.9 Å². The van der Waals surface area contributed by atoms with E-state index in [1.165, 1.54) is 30.2 Å². The van der Waals surface area contributed by atoms with Crippen LogP contribution >= 0.6 is 0 Å². The lowest BCUT2D eigenvalue weighted by atomic mass is 10.0. The third-order valence-corrected chi connectivity index (χ3v) is 5.61. The molecule has 2 aromatic carbocycles. The van der Waals surface area contributed by atoms with Crippen LogP contribution in [-0.4, -0.2) is 41.9 Å². The first kappa shape index (κ1) is 22.3. The Bertz CT molecular complexity index is 1140. The number of ether oxygens (including phenoxy) is 2. The lowest BCUT2D eigenvalue weighted by molar-refractivity contribution is -0.136. The molecule has 4 amide bonds. The molecular formula is C23H22FN3O6. The number of imide groups is 1. The van der Waals surface area contributed by atoms with Crippen molar-refractivity contribution in [3.63, 3.8) is 0 Å². The molecule has 33 heavy (non-hydrogen) atoms. The number of benzene rings is 2. The van der Waals surface area contributed by atoms with Gasteiger partial charge in [-0.3, -0.25) is 19.7 Å². The van der Waals surface area contributed by atoms with Crippen LogP contribution in [-0.2, 0) is 34.0 Å². The average Bonchev–Trinajstić information content (AvgIpc) is 3.12. The van der Waals surface area contributed by atoms with E-state index in [0.717, 1.165) is 5.56 Å². The second kappa shape index (κ2) is 9.27. The number of methoxy groups -OCH3 is 1. The SMILES string of the molecule is COc1cc(COC(=O)NCc2ccc3c(c2)C(=O)N(C2CCC(=O)NC2=O)C3)ccc1F. The van der Waals surface area contributed by atoms with Crippen LogP contribution in [0.25, 0.3) is 0 Å². The number of hydrogen-bond donors (Lipinski definition) is 2. The summed E-state index contributed by atoms with van der Waals surface area (Å²) in [7, 11) is 1.35. The summed E-state index contributed by atoms with van der Waals surface area (Å²) in [6.07, 6.45) is -0.182. The highest BCUT2D eigenvalue weighted by molar-refractivity contribution is 6.05. The van der Waals surface area contributed by atoms with Crippen molar-refractivity contribution in [3.05, 3.63) is 64.5 Å². The summed E-state index contributed by atoms with van der Waals surface area (Å²) in [5.41, 5.74) is 2.50. The van der Waals surface area contributed by atoms with Crippen LogP contribution < -0.4 is 15.4 Å². The molecule has 1 fully saturated rings. The number of piperidine rings is 1. The van der Waals surface area contributed by atoms with Crippen LogP contribution in [0.3, 0.4) is 0 Å². The van der Waals surface area contributed by atoms with E-state index in [1.807, 2.05) is 0 Å². The smallest absolute Gasteiger partial charge is 0.407 e. The van der Waals surface area contributed by atoms with Gasteiger partial charge < -0.3 is 19.7 Å². The number of hydrogen-bond acceptors (Lipinski definition) is 6. The van der Waals surface area contributed by atoms with Crippen molar-refractivity contribution in [1.29, 1.82) is 0 Å². The molecule has 0 saturated carbocycles. The highest BCUT2D eigenvalue weighted by atomic mass is 19.1. The number of fused-ring (bicyclic) bond motifs is 1. The van der Waals surface area contributed by atoms with Crippen molar-refractivity contribution in [2.75, 3.05) is 7.11 Å². The van der Waals surface area contributed by atoms with Gasteiger partial charge in [0.2, 0.25) is 11.8 Å². The predicted octanol–water partition coefficient (Wildman–Crippen LogP) is 2.02. The molecule has 0 radical (unpaired) electrons. The summed E-state index contributed by atoms with van der Waals surface area (Å²) < 4.78 is 23.5. The van der Waals surface area contributed by atoms with E-state index in [-0.39, 0.29) is 43.7 Å². The molecule has 2 aliphatic heterocycles. The number of carbonyl (C=O) groups excluding carboxylic acids is 4. The molecule has 1 atom stereocenters. The van der Waals surface area contributed by atoms with Crippen LogP contribution in [0.15, 0.2) is 36.4 Å². The summed E-state index contributed by atoms with van der Waals surface area (Å²) >= 11 is 0. The zero-order chi connectivity index (χ0) is 23.5. The minimum Gasteiger partial charge on any atom is -0.494 e. The fraction of sp³-hybridized carbons (Fsp3) is 0.304. The van der Waals surface area contributed by atoms with E-state index in [4.69, 9.17) is 9.47 Å². The second-order valence-corrected chi connectivity index (χ2v) is 7.79. The fourth-order valence-corrected chi connectivity index (χ4v) is 3.88. The van der Waals surface area contributed by atoms with Gasteiger partial charge in [-0.05, 0) is 41.3 Å². The van der Waals surface area contributed by atoms with Crippen LogP contribution in [0, 0.1) is 5.82 Å². The Balaban J connectivity index is 1.32. The molecule has 0 aliphatic carbocycles. The number of rotatable bonds is 6. The van der Waals surface area contributed by atoms with Gasteiger partial charge in [0, 0.05) is 25.1 Å². The quantitative estimate of drug-likeness (QED) is 0.645. The summed E-state index contributed by atoms with van der Waals surface area (Å²) in [4.78, 5) is 49.9. The number of amides is 4. The van der Waals surface area contributed by atoms with Gasteiger partial charge in [0.1, 0.15) is 12.6 Å². The fourth-order valence-electron chi connectivity index (χ4n) is 3.88. The highest BCUT2D eigenvalue weighted by Crippen LogP contribution is 2.28. The van der Waals surface area contributed by atoms with Crippen LogP contribution in [0.1, 0.15) is 39.9 Å². The minimum atomic E-state index is -0.677. The van der Waals surface area contributed by atoms with Crippen molar-refractivity contribution >= 4 is 23.8 Å². The Labute approximate surface area is 188 Å². The van der Waals surface area contributed by atoms with E-state index in [2.05, 4.69) is 10.6 Å². The van der Waals surface area contributed by atoms with Gasteiger partial charge in [0.25, 0.3) is 5.91 Å². The molecular weight excluding hydrogens is 433 g/mol. The Morgan fingerprint density at radius 3 is 2.73 bits per heavy atom. The van der Waals surface area contributed by atoms with Gasteiger partial charge in [-0.25, -0.2) is 9.18 Å². The molecule has 9 nitrogen and oxygen atoms in total. The maximum absolute atomic E-state index is 13.5. The maximum Gasteiger partial charge on any atom is 0.407 e. The molecule has 4 rings (SSSR count). The number of nitrogens with zero attached hydrogens (tertiary/aromatic N) is 1. The van der Waals surface area contributed by atoms with Crippen molar-refractivity contribution < 1.29 is 33.0 Å². The molecule has 1 saturated heterocycles. The van der Waals surface area contributed by atoms with Crippen molar-refractivity contribution in [1.82, 2.24) is 15.5 Å². The molecule has 2 aromatic rings. The number of nitrogens with one attached hydrogen (secondary N) is 2. The Morgan fingerprint density at radius 2 is 1.97 bits per heavy atom. The third kappa shape index (κ3) is 4.79. The first-order chi connectivity index (χ1) is 15.9. The minimum absolute atomic E-state index is 0.0608. The van der Waals surface area contributed by atoms with E-state index in [0.29, 0.717) is 23.1 Å². The van der Waals surface area contributed by atoms with Crippen LogP contribution in [0.4, 0.5) is 9.18 Å². The third-order valence-electron chi connectivity index (χ3n) is 5.61. The topological polar surface area (TPSA) is 114 Å². The lowest BCUT2D eigenvalue weighted by Crippen LogP contribution is -2.52. The first-order valence-electron chi connectivity index (χ1n) is 10.3. The molecule has 172 valence electrons. The van der Waals surface area contributed by atoms with Crippen LogP contribution in [0.2, 0.25) is 0 Å². The van der Waals surface area contributed by atoms with E-state index in [1.54, 1.807) is 18.2 Å². The van der Waals surface area contributed by atoms with Gasteiger partial charge in [-0.2, -0.15) is 0 Å². The number of alkyl carbamates (subject to hydrolysis) is 1. The largest absolute Gasteiger partial charge is 0.494 e. The maximum atomic E-state index is 13.5. The number of halogens is 1. The molecule has 0 spiro atoms. The van der Waals surface area contributed by atoms with Crippen LogP contribution in [0.5, 0.6) is 5.75 Å². The summed E-state index contributed by atoms with van der Waals surface area (Å²) in [6, 6.07) is 8.74. The normalized spacial score (nSPS) is 17.5. The molecule has 1 unspecified atom stereocenters. The molecule has 2 heterocycles. The van der Waals surface area contributed by atoms with Crippen molar-refractivity contribution in [3.8, 4) is 5.75 Å². The zero-order valence-corrected chi connectivity index (χ0v) is 17.9. The van der Waals surface area contributed by atoms with Gasteiger partial charge >= 0.3 is 6.09 Å². The Kier molecular flexibility index (Phi) is 6.25. The second-order valence-electron chi connectivity index (χ2n) is 7.79. The Hall–Kier alpha value is -3.95. The lowest BCUT2D eigenvalue weighted by Gasteiger charge is -2.29. The molecule has 2 aliphatic rings. The summed E-state index contributed by atoms with van der Waals surface area (Å²) in [5, 5.41) is 4.88. The molecule has 0 aromatic heterocycles. The van der Waals surface area contributed by atoms with Gasteiger partial charge in [-0.15, -0.1) is 0 Å². The summed E-state index contributed by atoms with van der Waals surface area (Å²) in [6.45, 7) is 0.355. The van der Waals surface area contributed by atoms with Crippen molar-refractivity contribution in [2.45, 2.75) is 38.6 Å². The standard InChI is InChI=1S/C23H22FN3O6/c1-32-19-9-14(3-5-17(19)24)12-33-23(31)25-10-13-2-4-15-11-27(22(30)16(15)8-13)18-6-7-20(28)26-21(18)29/h2-5,8-9,18H,6-7,10-12H2,1H3,(H,25,31)(H,26,28,29). The van der Waals surface area contributed by atoms with Gasteiger partial charge in [-0.1, -0.05) is 18.2 Å². The average molecular weight is 455 g/mol. The predicted molar refractivity (Wildman–Crippen MR) is 112 cm³/mol. The van der Waals surface area contributed by atoms with E-state index in [9.17, 15) is 23.6 Å².